The number of hydrogen-bond acceptors (Lipinski definition) is 5. The third-order valence-electron chi connectivity index (χ3n) is 5.43. The molecule has 1 amide bonds. The summed E-state index contributed by atoms with van der Waals surface area (Å²) in [6, 6.07) is 8.04. The number of aryl methyl sites for hydroxylation is 1. The van der Waals surface area contributed by atoms with Crippen LogP contribution in [0.4, 0.5) is 0 Å². The summed E-state index contributed by atoms with van der Waals surface area (Å²) in [6.45, 7) is 5.51. The van der Waals surface area contributed by atoms with Crippen molar-refractivity contribution in [2.45, 2.75) is 26.2 Å². The topological polar surface area (TPSA) is 58.6 Å². The van der Waals surface area contributed by atoms with Crippen LogP contribution in [0.15, 0.2) is 36.7 Å². The van der Waals surface area contributed by atoms with Crippen LogP contribution in [0.25, 0.3) is 0 Å². The minimum atomic E-state index is -0.0278. The van der Waals surface area contributed by atoms with Gasteiger partial charge in [0, 0.05) is 19.3 Å². The lowest BCUT2D eigenvalue weighted by Crippen LogP contribution is -2.41. The molecule has 0 aliphatic carbocycles. The molecule has 0 bridgehead atoms. The van der Waals surface area contributed by atoms with Crippen LogP contribution in [0.5, 0.6) is 5.75 Å². The average molecular weight is 383 g/mol. The first-order chi connectivity index (χ1) is 13.5. The largest absolute Gasteiger partial charge is 0.497 e. The highest BCUT2D eigenvalue weighted by Gasteiger charge is 2.24. The van der Waals surface area contributed by atoms with Crippen LogP contribution in [0.3, 0.4) is 0 Å². The van der Waals surface area contributed by atoms with Crippen LogP contribution in [-0.4, -0.2) is 66.0 Å². The number of amides is 1. The molecule has 0 spiro atoms. The Labute approximate surface area is 167 Å². The standard InChI is InChI=1S/C22H30N4O2/c1-17-14-24-21(15-23-17)22(27)26(16-19-8-11-25(2)12-9-19)13-10-18-4-6-20(28-3)7-5-18/h4-7,14-15,19H,8-13,16H2,1-3H3. The number of likely N-dealkylation sites (tertiary alicyclic amines) is 1. The van der Waals surface area contributed by atoms with Gasteiger partial charge in [-0.3, -0.25) is 9.78 Å². The Kier molecular flexibility index (Phi) is 6.98. The van der Waals surface area contributed by atoms with Crippen LogP contribution >= 0.6 is 0 Å². The van der Waals surface area contributed by atoms with Crippen molar-refractivity contribution < 1.29 is 9.53 Å². The number of piperidine rings is 1. The van der Waals surface area contributed by atoms with E-state index < -0.39 is 0 Å². The molecule has 0 radical (unpaired) electrons. The summed E-state index contributed by atoms with van der Waals surface area (Å²) in [4.78, 5) is 26.0. The number of hydrogen-bond donors (Lipinski definition) is 0. The van der Waals surface area contributed by atoms with Crippen molar-refractivity contribution in [1.82, 2.24) is 19.8 Å². The molecule has 3 rings (SSSR count). The number of carbonyl (C=O) groups is 1. The smallest absolute Gasteiger partial charge is 0.274 e. The molecule has 1 aromatic heterocycles. The van der Waals surface area contributed by atoms with E-state index >= 15 is 0 Å². The van der Waals surface area contributed by atoms with Gasteiger partial charge in [0.2, 0.25) is 0 Å². The fourth-order valence-electron chi connectivity index (χ4n) is 3.55. The molecule has 1 aliphatic rings. The van der Waals surface area contributed by atoms with Crippen LogP contribution < -0.4 is 4.74 Å². The zero-order valence-electron chi connectivity index (χ0n) is 17.1. The molecule has 150 valence electrons. The van der Waals surface area contributed by atoms with Gasteiger partial charge >= 0.3 is 0 Å². The zero-order chi connectivity index (χ0) is 19.9. The molecule has 28 heavy (non-hydrogen) atoms. The summed E-state index contributed by atoms with van der Waals surface area (Å²) in [5.74, 6) is 1.35. The molecule has 0 N–H and O–H groups in total. The van der Waals surface area contributed by atoms with E-state index in [9.17, 15) is 4.79 Å². The molecule has 1 aromatic carbocycles. The number of rotatable bonds is 7. The number of benzene rings is 1. The lowest BCUT2D eigenvalue weighted by Gasteiger charge is -2.33. The lowest BCUT2D eigenvalue weighted by molar-refractivity contribution is 0.0694. The summed E-state index contributed by atoms with van der Waals surface area (Å²) < 4.78 is 5.23. The summed E-state index contributed by atoms with van der Waals surface area (Å²) in [5.41, 5.74) is 2.43. The SMILES string of the molecule is COc1ccc(CCN(CC2CCN(C)CC2)C(=O)c2cnc(C)cn2)cc1. The fraction of sp³-hybridized carbons (Fsp3) is 0.500. The number of nitrogens with zero attached hydrogens (tertiary/aromatic N) is 4. The highest BCUT2D eigenvalue weighted by molar-refractivity contribution is 5.92. The second-order valence-corrected chi connectivity index (χ2v) is 7.64. The first kappa shape index (κ1) is 20.3. The molecule has 1 fully saturated rings. The van der Waals surface area contributed by atoms with Gasteiger partial charge in [-0.2, -0.15) is 0 Å². The predicted molar refractivity (Wildman–Crippen MR) is 110 cm³/mol. The van der Waals surface area contributed by atoms with E-state index in [4.69, 9.17) is 4.74 Å². The van der Waals surface area contributed by atoms with E-state index in [1.165, 1.54) is 5.56 Å². The number of aromatic nitrogens is 2. The van der Waals surface area contributed by atoms with Gasteiger partial charge in [0.1, 0.15) is 11.4 Å². The Balaban J connectivity index is 1.69. The van der Waals surface area contributed by atoms with E-state index in [0.717, 1.165) is 50.3 Å². The highest BCUT2D eigenvalue weighted by atomic mass is 16.5. The Morgan fingerprint density at radius 2 is 1.89 bits per heavy atom. The van der Waals surface area contributed by atoms with Gasteiger partial charge in [-0.15, -0.1) is 0 Å². The molecule has 0 atom stereocenters. The summed E-state index contributed by atoms with van der Waals surface area (Å²) >= 11 is 0. The molecule has 6 nitrogen and oxygen atoms in total. The number of ether oxygens (including phenoxy) is 1. The Morgan fingerprint density at radius 1 is 1.18 bits per heavy atom. The van der Waals surface area contributed by atoms with Crippen molar-refractivity contribution in [2.24, 2.45) is 5.92 Å². The van der Waals surface area contributed by atoms with Crippen molar-refractivity contribution in [3.05, 3.63) is 53.6 Å². The monoisotopic (exact) mass is 382 g/mol. The van der Waals surface area contributed by atoms with Crippen LogP contribution in [0.2, 0.25) is 0 Å². The summed E-state index contributed by atoms with van der Waals surface area (Å²) in [6.07, 6.45) is 6.31. The maximum atomic E-state index is 13.1. The van der Waals surface area contributed by atoms with Crippen molar-refractivity contribution >= 4 is 5.91 Å². The van der Waals surface area contributed by atoms with Crippen LogP contribution in [-0.2, 0) is 6.42 Å². The zero-order valence-corrected chi connectivity index (χ0v) is 17.1. The maximum absolute atomic E-state index is 13.1. The van der Waals surface area contributed by atoms with Gasteiger partial charge in [-0.1, -0.05) is 12.1 Å². The molecule has 2 aromatic rings. The predicted octanol–water partition coefficient (Wildman–Crippen LogP) is 2.82. The number of carbonyl (C=O) groups excluding carboxylic acids is 1. The molecule has 1 saturated heterocycles. The van der Waals surface area contributed by atoms with Crippen molar-refractivity contribution in [3.8, 4) is 5.75 Å². The molecular formula is C22H30N4O2. The van der Waals surface area contributed by atoms with Crippen LogP contribution in [0.1, 0.15) is 34.6 Å². The average Bonchev–Trinajstić information content (AvgIpc) is 2.73. The van der Waals surface area contributed by atoms with Crippen molar-refractivity contribution in [3.63, 3.8) is 0 Å². The van der Waals surface area contributed by atoms with Gasteiger partial charge in [0.25, 0.3) is 5.91 Å². The van der Waals surface area contributed by atoms with E-state index in [-0.39, 0.29) is 5.91 Å². The molecule has 2 heterocycles. The van der Waals surface area contributed by atoms with Gasteiger partial charge in [0.05, 0.1) is 19.0 Å². The fourth-order valence-corrected chi connectivity index (χ4v) is 3.55. The first-order valence-electron chi connectivity index (χ1n) is 9.94. The molecule has 1 aliphatic heterocycles. The van der Waals surface area contributed by atoms with E-state index in [1.807, 2.05) is 24.0 Å². The van der Waals surface area contributed by atoms with Gasteiger partial charge in [-0.25, -0.2) is 4.98 Å². The number of methoxy groups -OCH3 is 1. The summed E-state index contributed by atoms with van der Waals surface area (Å²) in [5, 5.41) is 0. The normalized spacial score (nSPS) is 15.4. The second-order valence-electron chi connectivity index (χ2n) is 7.64. The first-order valence-corrected chi connectivity index (χ1v) is 9.94. The minimum absolute atomic E-state index is 0.0278. The van der Waals surface area contributed by atoms with Gasteiger partial charge in [-0.05, 0) is 69.9 Å². The van der Waals surface area contributed by atoms with Gasteiger partial charge < -0.3 is 14.5 Å². The van der Waals surface area contributed by atoms with E-state index in [2.05, 4.69) is 34.0 Å². The molecule has 0 saturated carbocycles. The molecule has 0 unspecified atom stereocenters. The third-order valence-corrected chi connectivity index (χ3v) is 5.43. The molecule has 6 heteroatoms. The third kappa shape index (κ3) is 5.52. The Hall–Kier alpha value is -2.47. The van der Waals surface area contributed by atoms with Gasteiger partial charge in [0.15, 0.2) is 0 Å². The Bertz CT molecular complexity index is 753. The molecular weight excluding hydrogens is 352 g/mol. The highest BCUT2D eigenvalue weighted by Crippen LogP contribution is 2.19. The van der Waals surface area contributed by atoms with Crippen LogP contribution in [0, 0.1) is 12.8 Å². The lowest BCUT2D eigenvalue weighted by atomic mass is 9.96. The minimum Gasteiger partial charge on any atom is -0.497 e. The second kappa shape index (κ2) is 9.64. The van der Waals surface area contributed by atoms with Crippen molar-refractivity contribution in [1.29, 1.82) is 0 Å². The Morgan fingerprint density at radius 3 is 2.50 bits per heavy atom. The van der Waals surface area contributed by atoms with E-state index in [1.54, 1.807) is 19.5 Å². The summed E-state index contributed by atoms with van der Waals surface area (Å²) in [7, 11) is 3.82. The quantitative estimate of drug-likeness (QED) is 0.737. The van der Waals surface area contributed by atoms with E-state index in [0.29, 0.717) is 18.2 Å². The van der Waals surface area contributed by atoms with Crippen molar-refractivity contribution in [2.75, 3.05) is 40.3 Å². The maximum Gasteiger partial charge on any atom is 0.274 e.